The van der Waals surface area contributed by atoms with E-state index in [1.165, 1.54) is 18.2 Å². The van der Waals surface area contributed by atoms with Crippen molar-refractivity contribution >= 4 is 17.5 Å². The van der Waals surface area contributed by atoms with Crippen LogP contribution in [0.4, 0.5) is 18.9 Å². The van der Waals surface area contributed by atoms with Gasteiger partial charge in [-0.2, -0.15) is 0 Å². The number of hydrogen-bond acceptors (Lipinski definition) is 2. The lowest BCUT2D eigenvalue weighted by Crippen LogP contribution is -2.39. The third-order valence-electron chi connectivity index (χ3n) is 4.76. The van der Waals surface area contributed by atoms with Crippen molar-refractivity contribution in [3.63, 3.8) is 0 Å². The van der Waals surface area contributed by atoms with Crippen molar-refractivity contribution in [3.05, 3.63) is 101 Å². The number of carbonyl (C=O) groups is 2. The molecule has 0 saturated carbocycles. The van der Waals surface area contributed by atoms with Gasteiger partial charge in [-0.05, 0) is 35.9 Å². The summed E-state index contributed by atoms with van der Waals surface area (Å²) in [6, 6.07) is 14.6. The van der Waals surface area contributed by atoms with Gasteiger partial charge in [-0.25, -0.2) is 13.2 Å². The smallest absolute Gasteiger partial charge is 0.261 e. The molecule has 0 aromatic heterocycles. The van der Waals surface area contributed by atoms with Crippen LogP contribution in [0.2, 0.25) is 0 Å². The van der Waals surface area contributed by atoms with Crippen LogP contribution in [0, 0.1) is 17.5 Å². The number of benzene rings is 3. The summed E-state index contributed by atoms with van der Waals surface area (Å²) in [7, 11) is 0. The van der Waals surface area contributed by atoms with E-state index in [9.17, 15) is 22.8 Å². The molecule has 146 valence electrons. The molecular formula is C22H15F3N2O2. The molecule has 1 heterocycles. The Balaban J connectivity index is 1.93. The SMILES string of the molecule is O=C1CN(C(=O)c2c(F)cccc2F)[C@@H](c2ccccc2)c2cc(F)ccc2N1. The summed E-state index contributed by atoms with van der Waals surface area (Å²) in [4.78, 5) is 26.7. The largest absolute Gasteiger partial charge is 0.324 e. The number of nitrogens with one attached hydrogen (secondary N) is 1. The normalized spacial score (nSPS) is 16.0. The van der Waals surface area contributed by atoms with E-state index in [0.29, 0.717) is 16.8 Å². The van der Waals surface area contributed by atoms with E-state index in [0.717, 1.165) is 23.1 Å². The lowest BCUT2D eigenvalue weighted by Gasteiger charge is -2.30. The van der Waals surface area contributed by atoms with Crippen molar-refractivity contribution in [2.45, 2.75) is 6.04 Å². The number of anilines is 1. The maximum atomic E-state index is 14.3. The minimum absolute atomic E-state index is 0.312. The van der Waals surface area contributed by atoms with Crippen molar-refractivity contribution in [1.29, 1.82) is 0 Å². The summed E-state index contributed by atoms with van der Waals surface area (Å²) < 4.78 is 42.6. The molecule has 3 aromatic carbocycles. The van der Waals surface area contributed by atoms with Crippen molar-refractivity contribution in [3.8, 4) is 0 Å². The molecule has 3 aromatic rings. The zero-order valence-electron chi connectivity index (χ0n) is 15.0. The Bertz CT molecular complexity index is 1080. The second kappa shape index (κ2) is 7.43. The van der Waals surface area contributed by atoms with Gasteiger partial charge in [0.05, 0.1) is 6.04 Å². The van der Waals surface area contributed by atoms with Crippen molar-refractivity contribution in [2.75, 3.05) is 11.9 Å². The first-order valence-electron chi connectivity index (χ1n) is 8.85. The number of amides is 2. The number of carbonyl (C=O) groups excluding carboxylic acids is 2. The van der Waals surface area contributed by atoms with Gasteiger partial charge in [-0.1, -0.05) is 36.4 Å². The van der Waals surface area contributed by atoms with Crippen molar-refractivity contribution < 1.29 is 22.8 Å². The standard InChI is InChI=1S/C22H15F3N2O2/c23-14-9-10-18-15(11-14)21(13-5-2-1-3-6-13)27(12-19(28)26-18)22(29)20-16(24)7-4-8-17(20)25/h1-11,21H,12H2,(H,26,28)/t21-/m0/s1. The number of halogens is 3. The molecule has 1 aliphatic rings. The predicted molar refractivity (Wildman–Crippen MR) is 101 cm³/mol. The Morgan fingerprint density at radius 2 is 1.62 bits per heavy atom. The third-order valence-corrected chi connectivity index (χ3v) is 4.76. The quantitative estimate of drug-likeness (QED) is 0.703. The molecule has 0 saturated heterocycles. The monoisotopic (exact) mass is 396 g/mol. The van der Waals surface area contributed by atoms with E-state index < -0.39 is 47.4 Å². The van der Waals surface area contributed by atoms with Gasteiger partial charge in [0.25, 0.3) is 5.91 Å². The Morgan fingerprint density at radius 3 is 2.31 bits per heavy atom. The maximum Gasteiger partial charge on any atom is 0.261 e. The van der Waals surface area contributed by atoms with Gasteiger partial charge < -0.3 is 10.2 Å². The fourth-order valence-corrected chi connectivity index (χ4v) is 3.51. The number of fused-ring (bicyclic) bond motifs is 1. The highest BCUT2D eigenvalue weighted by atomic mass is 19.1. The van der Waals surface area contributed by atoms with Gasteiger partial charge in [-0.15, -0.1) is 0 Å². The molecule has 7 heteroatoms. The summed E-state index contributed by atoms with van der Waals surface area (Å²) in [5, 5.41) is 2.63. The summed E-state index contributed by atoms with van der Waals surface area (Å²) in [5.41, 5.74) is 0.448. The molecule has 0 unspecified atom stereocenters. The molecule has 4 rings (SSSR count). The molecule has 1 aliphatic heterocycles. The van der Waals surface area contributed by atoms with E-state index in [-0.39, 0.29) is 0 Å². The Labute approximate surface area is 164 Å². The Kier molecular flexibility index (Phi) is 4.80. The van der Waals surface area contributed by atoms with E-state index in [2.05, 4.69) is 5.32 Å². The highest BCUT2D eigenvalue weighted by Gasteiger charge is 2.36. The van der Waals surface area contributed by atoms with Gasteiger partial charge >= 0.3 is 0 Å². The molecule has 1 N–H and O–H groups in total. The lowest BCUT2D eigenvalue weighted by molar-refractivity contribution is -0.117. The molecule has 0 bridgehead atoms. The van der Waals surface area contributed by atoms with Crippen LogP contribution >= 0.6 is 0 Å². The second-order valence-corrected chi connectivity index (χ2v) is 6.62. The molecule has 1 atom stereocenters. The summed E-state index contributed by atoms with van der Waals surface area (Å²) in [6.07, 6.45) is 0. The minimum Gasteiger partial charge on any atom is -0.324 e. The van der Waals surface area contributed by atoms with Crippen LogP contribution in [-0.2, 0) is 4.79 Å². The molecule has 2 amide bonds. The molecule has 0 spiro atoms. The average molecular weight is 396 g/mol. The van der Waals surface area contributed by atoms with Crippen LogP contribution in [0.25, 0.3) is 0 Å². The Hall–Kier alpha value is -3.61. The molecule has 29 heavy (non-hydrogen) atoms. The molecule has 0 aliphatic carbocycles. The first kappa shape index (κ1) is 18.7. The average Bonchev–Trinajstić information content (AvgIpc) is 2.84. The van der Waals surface area contributed by atoms with Gasteiger partial charge in [0, 0.05) is 11.3 Å². The van der Waals surface area contributed by atoms with E-state index >= 15 is 0 Å². The molecule has 0 fully saturated rings. The highest BCUT2D eigenvalue weighted by molar-refractivity contribution is 6.01. The number of rotatable bonds is 2. The first-order valence-corrected chi connectivity index (χ1v) is 8.85. The van der Waals surface area contributed by atoms with Crippen molar-refractivity contribution in [2.24, 2.45) is 0 Å². The van der Waals surface area contributed by atoms with Gasteiger partial charge in [0.2, 0.25) is 5.91 Å². The van der Waals surface area contributed by atoms with Crippen LogP contribution in [0.1, 0.15) is 27.5 Å². The van der Waals surface area contributed by atoms with Gasteiger partial charge in [0.1, 0.15) is 29.6 Å². The summed E-state index contributed by atoms with van der Waals surface area (Å²) in [5.74, 6) is -4.19. The summed E-state index contributed by atoms with van der Waals surface area (Å²) >= 11 is 0. The molecule has 0 radical (unpaired) electrons. The van der Waals surface area contributed by atoms with Gasteiger partial charge in [-0.3, -0.25) is 9.59 Å². The van der Waals surface area contributed by atoms with Crippen LogP contribution in [0.3, 0.4) is 0 Å². The third kappa shape index (κ3) is 3.47. The fourth-order valence-electron chi connectivity index (χ4n) is 3.51. The zero-order chi connectivity index (χ0) is 20.5. The van der Waals surface area contributed by atoms with Crippen LogP contribution in [-0.4, -0.2) is 23.3 Å². The summed E-state index contributed by atoms with van der Waals surface area (Å²) in [6.45, 7) is -0.456. The highest BCUT2D eigenvalue weighted by Crippen LogP contribution is 2.37. The van der Waals surface area contributed by atoms with E-state index in [1.54, 1.807) is 30.3 Å². The topological polar surface area (TPSA) is 49.4 Å². The maximum absolute atomic E-state index is 14.3. The van der Waals surface area contributed by atoms with E-state index in [1.807, 2.05) is 0 Å². The molecule has 4 nitrogen and oxygen atoms in total. The lowest BCUT2D eigenvalue weighted by atomic mass is 9.95. The number of hydrogen-bond donors (Lipinski definition) is 1. The zero-order valence-corrected chi connectivity index (χ0v) is 15.0. The predicted octanol–water partition coefficient (Wildman–Crippen LogP) is 4.29. The first-order chi connectivity index (χ1) is 14.0. The van der Waals surface area contributed by atoms with Crippen LogP contribution in [0.5, 0.6) is 0 Å². The minimum atomic E-state index is -1.04. The fraction of sp³-hybridized carbons (Fsp3) is 0.0909. The number of nitrogens with zero attached hydrogens (tertiary/aromatic N) is 1. The second-order valence-electron chi connectivity index (χ2n) is 6.62. The van der Waals surface area contributed by atoms with Crippen molar-refractivity contribution in [1.82, 2.24) is 4.90 Å². The van der Waals surface area contributed by atoms with Gasteiger partial charge in [0.15, 0.2) is 0 Å². The van der Waals surface area contributed by atoms with E-state index in [4.69, 9.17) is 0 Å². The molecular weight excluding hydrogens is 381 g/mol. The van der Waals surface area contributed by atoms with Crippen LogP contribution in [0.15, 0.2) is 66.7 Å². The van der Waals surface area contributed by atoms with Crippen LogP contribution < -0.4 is 5.32 Å². The Morgan fingerprint density at radius 1 is 0.931 bits per heavy atom.